The summed E-state index contributed by atoms with van der Waals surface area (Å²) in [5.41, 5.74) is 2.05. The highest BCUT2D eigenvalue weighted by Gasteiger charge is 2.27. The van der Waals surface area contributed by atoms with Crippen LogP contribution in [0.3, 0.4) is 0 Å². The number of aromatic nitrogens is 4. The van der Waals surface area contributed by atoms with E-state index in [2.05, 4.69) is 25.7 Å². The Balaban J connectivity index is 1.42. The summed E-state index contributed by atoms with van der Waals surface area (Å²) in [5.74, 6) is -0.197. The van der Waals surface area contributed by atoms with Crippen LogP contribution in [0.4, 0.5) is 10.3 Å². The number of hydrogen-bond acceptors (Lipinski definition) is 6. The fraction of sp³-hybridized carbons (Fsp3) is 0.600. The van der Waals surface area contributed by atoms with E-state index < -0.39 is 11.8 Å². The van der Waals surface area contributed by atoms with Gasteiger partial charge in [0.15, 0.2) is 5.82 Å². The quantitative estimate of drug-likeness (QED) is 0.622. The summed E-state index contributed by atoms with van der Waals surface area (Å²) >= 11 is 0. The first-order valence-corrected chi connectivity index (χ1v) is 10.2. The van der Waals surface area contributed by atoms with Gasteiger partial charge in [-0.3, -0.25) is 9.48 Å². The molecule has 0 atom stereocenters. The third kappa shape index (κ3) is 4.90. The lowest BCUT2D eigenvalue weighted by Gasteiger charge is -2.29. The number of halogens is 1. The minimum atomic E-state index is -0.839. The third-order valence-electron chi connectivity index (χ3n) is 5.84. The number of anilines is 1. The summed E-state index contributed by atoms with van der Waals surface area (Å²) in [6, 6.07) is 0.408. The van der Waals surface area contributed by atoms with Gasteiger partial charge < -0.3 is 15.7 Å². The summed E-state index contributed by atoms with van der Waals surface area (Å²) in [7, 11) is 1.89. The molecule has 2 aromatic heterocycles. The summed E-state index contributed by atoms with van der Waals surface area (Å²) in [6.45, 7) is -0.0124. The standard InChI is InChI=1S/C20H27FN6O2/c1-27-17(8-12-2-3-12)15(9-24-27)19-16(21)10-23-20(26-19)25-14-6-4-13(5-7-14)22-11-18(28)29/h9-10,12-14,22H,2-8,11H2,1H3,(H,28,29)(H,23,25,26). The molecule has 0 aromatic carbocycles. The molecule has 0 bridgehead atoms. The van der Waals surface area contributed by atoms with Crippen LogP contribution in [-0.2, 0) is 18.3 Å². The molecule has 0 unspecified atom stereocenters. The SMILES string of the molecule is Cn1ncc(-c2nc(NC3CCC(NCC(=O)O)CC3)ncc2F)c1CC1CC1. The lowest BCUT2D eigenvalue weighted by molar-refractivity contribution is -0.136. The van der Waals surface area contributed by atoms with E-state index in [-0.39, 0.29) is 18.6 Å². The highest BCUT2D eigenvalue weighted by Crippen LogP contribution is 2.36. The van der Waals surface area contributed by atoms with Crippen LogP contribution >= 0.6 is 0 Å². The molecule has 0 spiro atoms. The Labute approximate surface area is 168 Å². The number of aliphatic carboxylic acids is 1. The number of carboxylic acids is 1. The Morgan fingerprint density at radius 1 is 1.21 bits per heavy atom. The summed E-state index contributed by atoms with van der Waals surface area (Å²) in [4.78, 5) is 19.3. The first-order chi connectivity index (χ1) is 14.0. The van der Waals surface area contributed by atoms with Gasteiger partial charge >= 0.3 is 5.97 Å². The minimum Gasteiger partial charge on any atom is -0.480 e. The molecule has 2 aliphatic carbocycles. The maximum absolute atomic E-state index is 14.5. The summed E-state index contributed by atoms with van der Waals surface area (Å²) in [5, 5.41) is 19.5. The van der Waals surface area contributed by atoms with Crippen LogP contribution in [0.25, 0.3) is 11.3 Å². The Hall–Kier alpha value is -2.55. The first-order valence-electron chi connectivity index (χ1n) is 10.2. The number of hydrogen-bond donors (Lipinski definition) is 3. The second kappa shape index (κ2) is 8.44. The largest absolute Gasteiger partial charge is 0.480 e. The van der Waals surface area contributed by atoms with Crippen molar-refractivity contribution in [2.24, 2.45) is 13.0 Å². The van der Waals surface area contributed by atoms with Crippen LogP contribution < -0.4 is 10.6 Å². The highest BCUT2D eigenvalue weighted by atomic mass is 19.1. The molecule has 8 nitrogen and oxygen atoms in total. The van der Waals surface area contributed by atoms with Crippen molar-refractivity contribution < 1.29 is 14.3 Å². The number of nitrogens with zero attached hydrogens (tertiary/aromatic N) is 4. The molecule has 2 heterocycles. The van der Waals surface area contributed by atoms with Crippen molar-refractivity contribution in [3.8, 4) is 11.3 Å². The molecule has 3 N–H and O–H groups in total. The summed E-state index contributed by atoms with van der Waals surface area (Å²) in [6.07, 6.45) is 9.76. The Bertz CT molecular complexity index is 874. The number of aryl methyl sites for hydroxylation is 1. The van der Waals surface area contributed by atoms with Gasteiger partial charge in [0.1, 0.15) is 5.69 Å². The van der Waals surface area contributed by atoms with E-state index in [0.717, 1.165) is 43.4 Å². The molecule has 2 aliphatic rings. The molecule has 4 rings (SSSR count). The predicted octanol–water partition coefficient (Wildman–Crippen LogP) is 2.37. The van der Waals surface area contributed by atoms with E-state index in [1.165, 1.54) is 19.0 Å². The molecule has 2 saturated carbocycles. The van der Waals surface area contributed by atoms with E-state index >= 15 is 0 Å². The minimum absolute atomic E-state index is 0.0124. The molecule has 156 valence electrons. The second-order valence-electron chi connectivity index (χ2n) is 8.13. The molecule has 29 heavy (non-hydrogen) atoms. The summed E-state index contributed by atoms with van der Waals surface area (Å²) < 4.78 is 16.3. The third-order valence-corrected chi connectivity index (χ3v) is 5.84. The Morgan fingerprint density at radius 3 is 2.62 bits per heavy atom. The molecule has 0 saturated heterocycles. The van der Waals surface area contributed by atoms with Gasteiger partial charge in [-0.25, -0.2) is 14.4 Å². The molecular formula is C20H27FN6O2. The van der Waals surface area contributed by atoms with Gasteiger partial charge in [0.2, 0.25) is 5.95 Å². The van der Waals surface area contributed by atoms with Crippen LogP contribution in [-0.4, -0.2) is 49.5 Å². The zero-order valence-electron chi connectivity index (χ0n) is 16.6. The highest BCUT2D eigenvalue weighted by molar-refractivity contribution is 5.69. The maximum atomic E-state index is 14.5. The average Bonchev–Trinajstić information content (AvgIpc) is 3.45. The van der Waals surface area contributed by atoms with E-state index in [4.69, 9.17) is 5.11 Å². The number of rotatable bonds is 8. The van der Waals surface area contributed by atoms with Crippen molar-refractivity contribution in [2.75, 3.05) is 11.9 Å². The van der Waals surface area contributed by atoms with Crippen molar-refractivity contribution in [1.29, 1.82) is 0 Å². The first kappa shape index (κ1) is 19.8. The van der Waals surface area contributed by atoms with Gasteiger partial charge in [-0.1, -0.05) is 0 Å². The van der Waals surface area contributed by atoms with Gasteiger partial charge in [0, 0.05) is 30.4 Å². The number of nitrogens with one attached hydrogen (secondary N) is 2. The molecule has 9 heteroatoms. The van der Waals surface area contributed by atoms with E-state index in [9.17, 15) is 9.18 Å². The normalized spacial score (nSPS) is 21.9. The smallest absolute Gasteiger partial charge is 0.317 e. The molecule has 0 aliphatic heterocycles. The monoisotopic (exact) mass is 402 g/mol. The Kier molecular flexibility index (Phi) is 5.75. The fourth-order valence-corrected chi connectivity index (χ4v) is 3.98. The van der Waals surface area contributed by atoms with E-state index in [0.29, 0.717) is 17.6 Å². The van der Waals surface area contributed by atoms with Gasteiger partial charge in [0.25, 0.3) is 0 Å². The second-order valence-corrected chi connectivity index (χ2v) is 8.13. The van der Waals surface area contributed by atoms with E-state index in [1.807, 2.05) is 11.7 Å². The Morgan fingerprint density at radius 2 is 1.93 bits per heavy atom. The van der Waals surface area contributed by atoms with Crippen molar-refractivity contribution in [2.45, 2.75) is 57.0 Å². The molecule has 2 fully saturated rings. The zero-order valence-corrected chi connectivity index (χ0v) is 16.6. The van der Waals surface area contributed by atoms with Crippen LogP contribution in [0, 0.1) is 11.7 Å². The molecular weight excluding hydrogens is 375 g/mol. The molecule has 0 amide bonds. The predicted molar refractivity (Wildman–Crippen MR) is 106 cm³/mol. The van der Waals surface area contributed by atoms with Gasteiger partial charge in [-0.05, 0) is 50.9 Å². The van der Waals surface area contributed by atoms with Crippen LogP contribution in [0.2, 0.25) is 0 Å². The van der Waals surface area contributed by atoms with Crippen LogP contribution in [0.15, 0.2) is 12.4 Å². The lowest BCUT2D eigenvalue weighted by atomic mass is 9.91. The van der Waals surface area contributed by atoms with Crippen molar-refractivity contribution in [3.63, 3.8) is 0 Å². The van der Waals surface area contributed by atoms with Crippen LogP contribution in [0.5, 0.6) is 0 Å². The lowest BCUT2D eigenvalue weighted by Crippen LogP contribution is -2.39. The topological polar surface area (TPSA) is 105 Å². The van der Waals surface area contributed by atoms with Gasteiger partial charge in [-0.15, -0.1) is 0 Å². The zero-order chi connectivity index (χ0) is 20.4. The average molecular weight is 402 g/mol. The van der Waals surface area contributed by atoms with E-state index in [1.54, 1.807) is 6.20 Å². The van der Waals surface area contributed by atoms with Gasteiger partial charge in [0.05, 0.1) is 18.9 Å². The van der Waals surface area contributed by atoms with Crippen molar-refractivity contribution in [3.05, 3.63) is 23.9 Å². The molecule has 2 aromatic rings. The maximum Gasteiger partial charge on any atom is 0.317 e. The van der Waals surface area contributed by atoms with Gasteiger partial charge in [-0.2, -0.15) is 5.10 Å². The van der Waals surface area contributed by atoms with Crippen molar-refractivity contribution >= 4 is 11.9 Å². The van der Waals surface area contributed by atoms with Crippen molar-refractivity contribution in [1.82, 2.24) is 25.1 Å². The van der Waals surface area contributed by atoms with Crippen LogP contribution in [0.1, 0.15) is 44.2 Å². The fourth-order valence-electron chi connectivity index (χ4n) is 3.98. The number of carboxylic acid groups (broad SMARTS) is 1. The number of carbonyl (C=O) groups is 1. The molecule has 0 radical (unpaired) electrons.